The molecule has 2 heterocycles. The average molecular weight is 281 g/mol. The topological polar surface area (TPSA) is 49.6 Å². The molecule has 0 radical (unpaired) electrons. The van der Waals surface area contributed by atoms with Crippen LogP contribution in [-0.2, 0) is 4.79 Å². The van der Waals surface area contributed by atoms with Crippen LogP contribution in [0, 0.1) is 5.92 Å². The minimum atomic E-state index is 0.324. The fourth-order valence-corrected chi connectivity index (χ4v) is 3.74. The Hall–Kier alpha value is -0.610. The molecule has 3 unspecified atom stereocenters. The molecule has 2 N–H and O–H groups in total. The van der Waals surface area contributed by atoms with Crippen LogP contribution in [-0.4, -0.2) is 54.0 Å². The van der Waals surface area contributed by atoms with Crippen molar-refractivity contribution in [3.05, 3.63) is 0 Å². The molecule has 0 spiro atoms. The lowest BCUT2D eigenvalue weighted by molar-refractivity contribution is -0.136. The van der Waals surface area contributed by atoms with E-state index in [1.54, 1.807) is 0 Å². The zero-order valence-corrected chi connectivity index (χ0v) is 13.2. The first kappa shape index (κ1) is 15.8. The first-order valence-electron chi connectivity index (χ1n) is 8.43. The summed E-state index contributed by atoms with van der Waals surface area (Å²) >= 11 is 0. The highest BCUT2D eigenvalue weighted by atomic mass is 16.2. The van der Waals surface area contributed by atoms with Gasteiger partial charge in [-0.05, 0) is 38.0 Å². The molecule has 2 rings (SSSR count). The maximum atomic E-state index is 12.6. The molecule has 0 saturated carbocycles. The highest BCUT2D eigenvalue weighted by molar-refractivity contribution is 5.78. The second kappa shape index (κ2) is 7.41. The van der Waals surface area contributed by atoms with Crippen molar-refractivity contribution in [1.29, 1.82) is 0 Å². The fraction of sp³-hybridized carbons (Fsp3) is 0.938. The lowest BCUT2D eigenvalue weighted by Gasteiger charge is -2.39. The monoisotopic (exact) mass is 281 g/mol. The van der Waals surface area contributed by atoms with Gasteiger partial charge in [0.15, 0.2) is 0 Å². The molecule has 4 heteroatoms. The van der Waals surface area contributed by atoms with Crippen LogP contribution >= 0.6 is 0 Å². The van der Waals surface area contributed by atoms with E-state index in [-0.39, 0.29) is 0 Å². The summed E-state index contributed by atoms with van der Waals surface area (Å²) in [5.74, 6) is 0.891. The lowest BCUT2D eigenvalue weighted by Crippen LogP contribution is -2.52. The van der Waals surface area contributed by atoms with Crippen molar-refractivity contribution < 1.29 is 4.79 Å². The van der Waals surface area contributed by atoms with E-state index in [1.165, 1.54) is 19.3 Å². The summed E-state index contributed by atoms with van der Waals surface area (Å²) in [5, 5.41) is 0. The van der Waals surface area contributed by atoms with E-state index in [1.807, 2.05) is 0 Å². The molecule has 3 atom stereocenters. The van der Waals surface area contributed by atoms with Crippen LogP contribution in [0.2, 0.25) is 0 Å². The maximum Gasteiger partial charge on any atom is 0.236 e. The number of nitrogens with zero attached hydrogens (tertiary/aromatic N) is 2. The van der Waals surface area contributed by atoms with Gasteiger partial charge in [-0.3, -0.25) is 9.69 Å². The van der Waals surface area contributed by atoms with Gasteiger partial charge in [0.1, 0.15) is 0 Å². The number of hydrogen-bond donors (Lipinski definition) is 1. The second-order valence-corrected chi connectivity index (χ2v) is 6.50. The van der Waals surface area contributed by atoms with Crippen LogP contribution < -0.4 is 5.73 Å². The summed E-state index contributed by atoms with van der Waals surface area (Å²) in [4.78, 5) is 17.0. The molecular weight excluding hydrogens is 250 g/mol. The summed E-state index contributed by atoms with van der Waals surface area (Å²) in [6.07, 6.45) is 6.87. The van der Waals surface area contributed by atoms with Gasteiger partial charge in [0.05, 0.1) is 6.54 Å². The fourth-order valence-electron chi connectivity index (χ4n) is 3.74. The number of likely N-dealkylation sites (tertiary alicyclic amines) is 2. The van der Waals surface area contributed by atoms with Crippen molar-refractivity contribution in [2.24, 2.45) is 11.7 Å². The minimum Gasteiger partial charge on any atom is -0.339 e. The first-order chi connectivity index (χ1) is 9.65. The van der Waals surface area contributed by atoms with E-state index >= 15 is 0 Å². The van der Waals surface area contributed by atoms with E-state index in [9.17, 15) is 4.79 Å². The van der Waals surface area contributed by atoms with Gasteiger partial charge in [-0.2, -0.15) is 0 Å². The van der Waals surface area contributed by atoms with Gasteiger partial charge in [-0.15, -0.1) is 0 Å². The zero-order chi connectivity index (χ0) is 14.5. The number of amides is 1. The normalized spacial score (nSPS) is 32.4. The Morgan fingerprint density at radius 2 is 1.95 bits per heavy atom. The molecule has 116 valence electrons. The highest BCUT2D eigenvalue weighted by Gasteiger charge is 2.30. The molecule has 2 aliphatic rings. The van der Waals surface area contributed by atoms with E-state index in [4.69, 9.17) is 5.73 Å². The van der Waals surface area contributed by atoms with Crippen molar-refractivity contribution >= 4 is 5.91 Å². The van der Waals surface area contributed by atoms with Crippen molar-refractivity contribution in [1.82, 2.24) is 9.80 Å². The standard InChI is InChI=1S/C16H31N3O/c1-3-13-11-18(10-8-15(13)17)12-16(20)19-9-6-5-7-14(19)4-2/h13-15H,3-12,17H2,1-2H3. The summed E-state index contributed by atoms with van der Waals surface area (Å²) < 4.78 is 0. The minimum absolute atomic E-state index is 0.324. The summed E-state index contributed by atoms with van der Waals surface area (Å²) in [5.41, 5.74) is 6.15. The molecule has 2 fully saturated rings. The Balaban J connectivity index is 1.87. The molecule has 2 aliphatic heterocycles. The molecule has 0 bridgehead atoms. The van der Waals surface area contributed by atoms with Gasteiger partial charge >= 0.3 is 0 Å². The number of carbonyl (C=O) groups excluding carboxylic acids is 1. The molecule has 0 aliphatic carbocycles. The SMILES string of the molecule is CCC1CN(CC(=O)N2CCCCC2CC)CCC1N. The number of hydrogen-bond acceptors (Lipinski definition) is 3. The average Bonchev–Trinajstić information content (AvgIpc) is 2.49. The second-order valence-electron chi connectivity index (χ2n) is 6.50. The third-order valence-electron chi connectivity index (χ3n) is 5.18. The molecule has 0 aromatic carbocycles. The Morgan fingerprint density at radius 1 is 1.15 bits per heavy atom. The molecule has 2 saturated heterocycles. The number of nitrogens with two attached hydrogens (primary N) is 1. The van der Waals surface area contributed by atoms with Gasteiger partial charge in [0.25, 0.3) is 0 Å². The molecule has 4 nitrogen and oxygen atoms in total. The third-order valence-corrected chi connectivity index (χ3v) is 5.18. The predicted molar refractivity (Wildman–Crippen MR) is 82.5 cm³/mol. The van der Waals surface area contributed by atoms with Gasteiger partial charge in [-0.25, -0.2) is 0 Å². The van der Waals surface area contributed by atoms with Crippen LogP contribution in [0.15, 0.2) is 0 Å². The zero-order valence-electron chi connectivity index (χ0n) is 13.2. The quantitative estimate of drug-likeness (QED) is 0.855. The summed E-state index contributed by atoms with van der Waals surface area (Å²) in [7, 11) is 0. The van der Waals surface area contributed by atoms with E-state index < -0.39 is 0 Å². The Kier molecular flexibility index (Phi) is 5.85. The van der Waals surface area contributed by atoms with Gasteiger partial charge < -0.3 is 10.6 Å². The van der Waals surface area contributed by atoms with Crippen LogP contribution in [0.5, 0.6) is 0 Å². The molecular formula is C16H31N3O. The first-order valence-corrected chi connectivity index (χ1v) is 8.43. The van der Waals surface area contributed by atoms with E-state index in [0.29, 0.717) is 30.5 Å². The Morgan fingerprint density at radius 3 is 2.65 bits per heavy atom. The Labute approximate surface area is 123 Å². The van der Waals surface area contributed by atoms with Gasteiger partial charge in [0.2, 0.25) is 5.91 Å². The maximum absolute atomic E-state index is 12.6. The van der Waals surface area contributed by atoms with Crippen molar-refractivity contribution in [3.63, 3.8) is 0 Å². The third kappa shape index (κ3) is 3.73. The number of carbonyl (C=O) groups is 1. The van der Waals surface area contributed by atoms with Crippen molar-refractivity contribution in [2.75, 3.05) is 26.2 Å². The van der Waals surface area contributed by atoms with Crippen LogP contribution in [0.3, 0.4) is 0 Å². The van der Waals surface area contributed by atoms with Crippen LogP contribution in [0.4, 0.5) is 0 Å². The van der Waals surface area contributed by atoms with E-state index in [2.05, 4.69) is 23.6 Å². The van der Waals surface area contributed by atoms with Crippen LogP contribution in [0.1, 0.15) is 52.4 Å². The highest BCUT2D eigenvalue weighted by Crippen LogP contribution is 2.22. The number of rotatable bonds is 4. The summed E-state index contributed by atoms with van der Waals surface area (Å²) in [6, 6.07) is 0.801. The lowest BCUT2D eigenvalue weighted by atomic mass is 9.90. The molecule has 0 aromatic rings. The molecule has 20 heavy (non-hydrogen) atoms. The van der Waals surface area contributed by atoms with Gasteiger partial charge in [0, 0.05) is 31.7 Å². The summed E-state index contributed by atoms with van der Waals surface area (Å²) in [6.45, 7) is 7.93. The molecule has 0 aromatic heterocycles. The smallest absolute Gasteiger partial charge is 0.236 e. The molecule has 1 amide bonds. The largest absolute Gasteiger partial charge is 0.339 e. The predicted octanol–water partition coefficient (Wildman–Crippen LogP) is 1.84. The Bertz CT molecular complexity index is 321. The van der Waals surface area contributed by atoms with Crippen molar-refractivity contribution in [2.45, 2.75) is 64.5 Å². The number of piperidine rings is 2. The van der Waals surface area contributed by atoms with Crippen molar-refractivity contribution in [3.8, 4) is 0 Å². The van der Waals surface area contributed by atoms with E-state index in [0.717, 1.165) is 38.9 Å². The van der Waals surface area contributed by atoms with Crippen LogP contribution in [0.25, 0.3) is 0 Å². The van der Waals surface area contributed by atoms with Gasteiger partial charge in [-0.1, -0.05) is 20.3 Å².